The molecule has 51 heavy (non-hydrogen) atoms. The number of rotatable bonds is 18. The standard InChI is InChI=1S/C35H45ClN6O8S/c1-5-6-7-8-9-10-11-12-13-16-21-37-51(48,49)23-19-20-26(36)27(22-23)38-31(44)28(42-33(46)34(50-4)41(3)35(42)47)29-39-30(43)24-17-14-15-18-25(24)32(45)40(29)2/h14-15,17-20,22,28,37,46H,5-13,16,21H2,1-4H3,(H,38,44). The van der Waals surface area contributed by atoms with Gasteiger partial charge < -0.3 is 15.2 Å². The quantitative estimate of drug-likeness (QED) is 0.123. The van der Waals surface area contributed by atoms with Crippen LogP contribution in [0.15, 0.2) is 61.7 Å². The number of carbonyl (C=O) groups excluding carboxylic acids is 1. The molecule has 1 unspecified atom stereocenters. The van der Waals surface area contributed by atoms with E-state index in [9.17, 15) is 32.7 Å². The third kappa shape index (κ3) is 9.07. The van der Waals surface area contributed by atoms with Crippen molar-refractivity contribution in [2.75, 3.05) is 19.0 Å². The normalized spacial score (nSPS) is 12.3. The highest BCUT2D eigenvalue weighted by atomic mass is 35.5. The number of hydrogen-bond donors (Lipinski definition) is 3. The number of nitrogens with zero attached hydrogens (tertiary/aromatic N) is 4. The van der Waals surface area contributed by atoms with Crippen molar-refractivity contribution in [2.24, 2.45) is 14.1 Å². The van der Waals surface area contributed by atoms with Crippen molar-refractivity contribution in [1.82, 2.24) is 23.4 Å². The van der Waals surface area contributed by atoms with Crippen LogP contribution in [0.2, 0.25) is 5.02 Å². The van der Waals surface area contributed by atoms with Crippen LogP contribution < -0.4 is 31.6 Å². The third-order valence-corrected chi connectivity index (χ3v) is 10.5. The van der Waals surface area contributed by atoms with Gasteiger partial charge in [0.2, 0.25) is 10.0 Å². The Morgan fingerprint density at radius 3 is 2.14 bits per heavy atom. The number of unbranched alkanes of at least 4 members (excludes halogenated alkanes) is 9. The molecule has 14 nitrogen and oxygen atoms in total. The number of amides is 1. The van der Waals surface area contributed by atoms with Gasteiger partial charge in [-0.15, -0.1) is 0 Å². The number of nitrogens with one attached hydrogen (secondary N) is 2. The first-order valence-electron chi connectivity index (χ1n) is 17.0. The van der Waals surface area contributed by atoms with Gasteiger partial charge in [0.1, 0.15) is 5.82 Å². The highest BCUT2D eigenvalue weighted by molar-refractivity contribution is 7.89. The topological polar surface area (TPSA) is 184 Å². The molecule has 0 saturated carbocycles. The fraction of sp³-hybridized carbons (Fsp3) is 0.457. The summed E-state index contributed by atoms with van der Waals surface area (Å²) in [7, 11) is -0.269. The Balaban J connectivity index is 1.62. The lowest BCUT2D eigenvalue weighted by atomic mass is 10.1. The van der Waals surface area contributed by atoms with E-state index in [4.69, 9.17) is 16.3 Å². The highest BCUT2D eigenvalue weighted by Gasteiger charge is 2.35. The highest BCUT2D eigenvalue weighted by Crippen LogP contribution is 2.31. The minimum absolute atomic E-state index is 0.0105. The number of hydrogen-bond acceptors (Lipinski definition) is 9. The first-order chi connectivity index (χ1) is 24.3. The summed E-state index contributed by atoms with van der Waals surface area (Å²) in [5, 5.41) is 13.5. The van der Waals surface area contributed by atoms with Gasteiger partial charge in [0, 0.05) is 20.6 Å². The Kier molecular flexibility index (Phi) is 13.6. The number of halogens is 1. The number of imidazole rings is 1. The summed E-state index contributed by atoms with van der Waals surface area (Å²) in [6.07, 6.45) is 11.1. The maximum atomic E-state index is 14.2. The van der Waals surface area contributed by atoms with Crippen molar-refractivity contribution in [3.63, 3.8) is 0 Å². The molecule has 0 spiro atoms. The molecule has 16 heteroatoms. The summed E-state index contributed by atoms with van der Waals surface area (Å²) in [4.78, 5) is 58.3. The first-order valence-corrected chi connectivity index (χ1v) is 18.8. The van der Waals surface area contributed by atoms with Gasteiger partial charge in [-0.2, -0.15) is 4.98 Å². The fourth-order valence-electron chi connectivity index (χ4n) is 5.90. The van der Waals surface area contributed by atoms with Gasteiger partial charge in [-0.25, -0.2) is 22.5 Å². The second-order valence-electron chi connectivity index (χ2n) is 12.3. The lowest BCUT2D eigenvalue weighted by Gasteiger charge is -2.19. The maximum Gasteiger partial charge on any atom is 0.334 e. The number of anilines is 1. The Morgan fingerprint density at radius 1 is 0.922 bits per heavy atom. The molecule has 0 aliphatic rings. The number of ether oxygens (including phenoxy) is 1. The molecule has 4 aromatic rings. The summed E-state index contributed by atoms with van der Waals surface area (Å²) >= 11 is 6.40. The molecule has 1 amide bonds. The lowest BCUT2D eigenvalue weighted by Crippen LogP contribution is -2.38. The molecule has 0 radical (unpaired) electrons. The SMILES string of the molecule is CCCCCCCCCCCCNS(=O)(=O)c1ccc(Cl)c(NC(=O)C(c2nc(=O)c3ccccc3c(=O)n2C)n2c(O)c(OC)n(C)c2=O)c1. The van der Waals surface area contributed by atoms with Gasteiger partial charge in [0.15, 0.2) is 6.04 Å². The Bertz CT molecular complexity index is 2160. The number of aromatic nitrogens is 4. The molecule has 1 atom stereocenters. The smallest absolute Gasteiger partial charge is 0.334 e. The number of benzene rings is 2. The summed E-state index contributed by atoms with van der Waals surface area (Å²) < 4.78 is 36.6. The van der Waals surface area contributed by atoms with E-state index >= 15 is 0 Å². The molecule has 276 valence electrons. The number of methoxy groups -OCH3 is 1. The van der Waals surface area contributed by atoms with Crippen molar-refractivity contribution in [2.45, 2.75) is 82.1 Å². The second-order valence-corrected chi connectivity index (χ2v) is 14.5. The molecule has 2 aromatic heterocycles. The predicted molar refractivity (Wildman–Crippen MR) is 196 cm³/mol. The van der Waals surface area contributed by atoms with Crippen molar-refractivity contribution < 1.29 is 23.1 Å². The van der Waals surface area contributed by atoms with Gasteiger partial charge in [0.25, 0.3) is 28.8 Å². The second kappa shape index (κ2) is 17.6. The molecule has 0 aliphatic heterocycles. The van der Waals surface area contributed by atoms with Gasteiger partial charge in [-0.05, 0) is 36.8 Å². The number of aromatic hydroxyl groups is 1. The van der Waals surface area contributed by atoms with Crippen molar-refractivity contribution >= 4 is 44.0 Å². The number of carbonyl (C=O) groups is 1. The Hall–Kier alpha value is -4.47. The van der Waals surface area contributed by atoms with Crippen LogP contribution in [-0.4, -0.2) is 51.8 Å². The van der Waals surface area contributed by atoms with Gasteiger partial charge >= 0.3 is 5.69 Å². The maximum absolute atomic E-state index is 14.2. The molecule has 0 bridgehead atoms. The molecular formula is C35H45ClN6O8S. The molecule has 0 aliphatic carbocycles. The van der Waals surface area contributed by atoms with Crippen LogP contribution >= 0.6 is 11.6 Å². The van der Waals surface area contributed by atoms with Crippen LogP contribution in [-0.2, 0) is 28.9 Å². The van der Waals surface area contributed by atoms with E-state index in [0.717, 1.165) is 34.5 Å². The van der Waals surface area contributed by atoms with E-state index in [-0.39, 0.29) is 38.8 Å². The fourth-order valence-corrected chi connectivity index (χ4v) is 7.16. The van der Waals surface area contributed by atoms with Crippen LogP contribution in [0.1, 0.15) is 83.0 Å². The summed E-state index contributed by atoms with van der Waals surface area (Å²) in [5.74, 6) is -2.67. The van der Waals surface area contributed by atoms with E-state index in [0.29, 0.717) is 11.0 Å². The van der Waals surface area contributed by atoms with Crippen LogP contribution in [0.25, 0.3) is 10.8 Å². The van der Waals surface area contributed by atoms with Crippen molar-refractivity contribution in [1.29, 1.82) is 0 Å². The van der Waals surface area contributed by atoms with Crippen LogP contribution in [0.5, 0.6) is 11.8 Å². The molecule has 2 aromatic carbocycles. The van der Waals surface area contributed by atoms with E-state index in [1.807, 2.05) is 0 Å². The molecule has 0 fully saturated rings. The minimum atomic E-state index is -4.01. The average Bonchev–Trinajstić information content (AvgIpc) is 3.27. The summed E-state index contributed by atoms with van der Waals surface area (Å²) in [6.45, 7) is 2.42. The van der Waals surface area contributed by atoms with Gasteiger partial charge in [-0.1, -0.05) is 88.4 Å². The minimum Gasteiger partial charge on any atom is -0.491 e. The zero-order valence-electron chi connectivity index (χ0n) is 29.3. The lowest BCUT2D eigenvalue weighted by molar-refractivity contribution is -0.118. The summed E-state index contributed by atoms with van der Waals surface area (Å²) in [5.41, 5.74) is -2.67. The van der Waals surface area contributed by atoms with E-state index in [2.05, 4.69) is 21.9 Å². The van der Waals surface area contributed by atoms with Crippen molar-refractivity contribution in [3.8, 4) is 11.8 Å². The molecular weight excluding hydrogens is 700 g/mol. The first kappa shape index (κ1) is 39.3. The van der Waals surface area contributed by atoms with Crippen LogP contribution in [0, 0.1) is 0 Å². The zero-order chi connectivity index (χ0) is 37.3. The van der Waals surface area contributed by atoms with Crippen LogP contribution in [0.3, 0.4) is 0 Å². The average molecular weight is 745 g/mol. The molecule has 4 rings (SSSR count). The molecule has 2 heterocycles. The Labute approximate surface area is 301 Å². The van der Waals surface area contributed by atoms with Gasteiger partial charge in [-0.3, -0.25) is 23.5 Å². The monoisotopic (exact) mass is 744 g/mol. The van der Waals surface area contributed by atoms with E-state index in [1.54, 1.807) is 12.1 Å². The zero-order valence-corrected chi connectivity index (χ0v) is 30.8. The Morgan fingerprint density at radius 2 is 1.53 bits per heavy atom. The van der Waals surface area contributed by atoms with Gasteiger partial charge in [0.05, 0.1) is 33.5 Å². The molecule has 3 N–H and O–H groups in total. The van der Waals surface area contributed by atoms with E-state index in [1.165, 1.54) is 84.0 Å². The van der Waals surface area contributed by atoms with E-state index < -0.39 is 50.5 Å². The van der Waals surface area contributed by atoms with Crippen LogP contribution in [0.4, 0.5) is 5.69 Å². The largest absolute Gasteiger partial charge is 0.491 e. The predicted octanol–water partition coefficient (Wildman–Crippen LogP) is 4.59. The number of sulfonamides is 1. The molecule has 0 saturated heterocycles. The van der Waals surface area contributed by atoms with Crippen molar-refractivity contribution in [3.05, 3.63) is 84.5 Å². The number of fused-ring (bicyclic) bond motifs is 1. The third-order valence-electron chi connectivity index (χ3n) is 8.74. The summed E-state index contributed by atoms with van der Waals surface area (Å²) in [6, 6.07) is 7.70.